The Bertz CT molecular complexity index is 418. The molecule has 1 saturated heterocycles. The summed E-state index contributed by atoms with van der Waals surface area (Å²) in [5, 5.41) is 3.38. The van der Waals surface area contributed by atoms with Crippen LogP contribution in [0.25, 0.3) is 0 Å². The smallest absolute Gasteiger partial charge is 0.257 e. The highest BCUT2D eigenvalue weighted by molar-refractivity contribution is 5.44. The summed E-state index contributed by atoms with van der Waals surface area (Å²) in [4.78, 5) is 11.2. The highest BCUT2D eigenvalue weighted by Gasteiger charge is 2.14. The fourth-order valence-corrected chi connectivity index (χ4v) is 2.67. The van der Waals surface area contributed by atoms with Crippen molar-refractivity contribution < 1.29 is 4.74 Å². The van der Waals surface area contributed by atoms with Crippen LogP contribution in [0.3, 0.4) is 0 Å². The maximum atomic E-state index is 5.68. The predicted molar refractivity (Wildman–Crippen MR) is 85.7 cm³/mol. The molecule has 0 aliphatic carbocycles. The van der Waals surface area contributed by atoms with Crippen LogP contribution in [-0.4, -0.2) is 47.2 Å². The van der Waals surface area contributed by atoms with Gasteiger partial charge in [0.05, 0.1) is 6.10 Å². The van der Waals surface area contributed by atoms with E-state index in [1.165, 1.54) is 32.4 Å². The van der Waals surface area contributed by atoms with E-state index in [9.17, 15) is 0 Å². The Morgan fingerprint density at radius 2 is 1.86 bits per heavy atom. The molecule has 1 aromatic heterocycles. The molecule has 1 fully saturated rings. The van der Waals surface area contributed by atoms with Crippen LogP contribution in [0.4, 0.5) is 5.82 Å². The Balaban J connectivity index is 1.81. The molecule has 0 spiro atoms. The molecule has 0 aromatic carbocycles. The number of aromatic nitrogens is 2. The van der Waals surface area contributed by atoms with Gasteiger partial charge in [0.15, 0.2) is 5.82 Å². The van der Waals surface area contributed by atoms with Gasteiger partial charge < -0.3 is 15.0 Å². The Morgan fingerprint density at radius 3 is 2.57 bits per heavy atom. The number of nitrogens with one attached hydrogen (secondary N) is 1. The van der Waals surface area contributed by atoms with E-state index in [1.807, 2.05) is 13.8 Å². The van der Waals surface area contributed by atoms with Gasteiger partial charge in [-0.05, 0) is 45.7 Å². The standard InChI is InChI=1S/C16H28N4O/c1-13(2)21-16-15(17-7-8-18-16)19-11-14(3)12-20-9-5-4-6-10-20/h7-8,13-14H,4-6,9-12H2,1-3H3,(H,17,19). The lowest BCUT2D eigenvalue weighted by Gasteiger charge is -2.29. The van der Waals surface area contributed by atoms with Crippen molar-refractivity contribution in [2.24, 2.45) is 5.92 Å². The molecule has 1 unspecified atom stereocenters. The van der Waals surface area contributed by atoms with Gasteiger partial charge >= 0.3 is 0 Å². The van der Waals surface area contributed by atoms with Crippen LogP contribution in [0, 0.1) is 5.92 Å². The second-order valence-electron chi connectivity index (χ2n) is 6.22. The first-order valence-corrected chi connectivity index (χ1v) is 8.09. The van der Waals surface area contributed by atoms with Crippen LogP contribution in [-0.2, 0) is 0 Å². The van der Waals surface area contributed by atoms with Gasteiger partial charge in [-0.2, -0.15) is 0 Å². The van der Waals surface area contributed by atoms with Crippen LogP contribution < -0.4 is 10.1 Å². The van der Waals surface area contributed by atoms with Crippen molar-refractivity contribution >= 4 is 5.82 Å². The van der Waals surface area contributed by atoms with E-state index in [-0.39, 0.29) is 6.10 Å². The van der Waals surface area contributed by atoms with Crippen molar-refractivity contribution in [1.29, 1.82) is 0 Å². The van der Waals surface area contributed by atoms with Gasteiger partial charge in [-0.25, -0.2) is 9.97 Å². The maximum Gasteiger partial charge on any atom is 0.257 e. The van der Waals surface area contributed by atoms with Gasteiger partial charge in [0.1, 0.15) is 0 Å². The molecule has 1 aliphatic heterocycles. The number of hydrogen-bond donors (Lipinski definition) is 1. The number of rotatable bonds is 7. The van der Waals surface area contributed by atoms with Gasteiger partial charge in [-0.15, -0.1) is 0 Å². The summed E-state index contributed by atoms with van der Waals surface area (Å²) in [5.41, 5.74) is 0. The average molecular weight is 292 g/mol. The second-order valence-corrected chi connectivity index (χ2v) is 6.22. The Morgan fingerprint density at radius 1 is 1.14 bits per heavy atom. The molecule has 21 heavy (non-hydrogen) atoms. The molecule has 0 bridgehead atoms. The van der Waals surface area contributed by atoms with Crippen molar-refractivity contribution in [3.63, 3.8) is 0 Å². The van der Waals surface area contributed by atoms with Gasteiger partial charge in [0.2, 0.25) is 0 Å². The summed E-state index contributed by atoms with van der Waals surface area (Å²) in [6.45, 7) is 10.8. The van der Waals surface area contributed by atoms with E-state index in [2.05, 4.69) is 27.1 Å². The molecule has 0 saturated carbocycles. The van der Waals surface area contributed by atoms with E-state index in [1.54, 1.807) is 12.4 Å². The number of piperidine rings is 1. The lowest BCUT2D eigenvalue weighted by Crippen LogP contribution is -2.35. The summed E-state index contributed by atoms with van der Waals surface area (Å²) in [7, 11) is 0. The average Bonchev–Trinajstić information content (AvgIpc) is 2.47. The summed E-state index contributed by atoms with van der Waals surface area (Å²) in [5.74, 6) is 1.92. The fourth-order valence-electron chi connectivity index (χ4n) is 2.67. The third-order valence-corrected chi connectivity index (χ3v) is 3.65. The number of nitrogens with zero attached hydrogens (tertiary/aromatic N) is 3. The maximum absolute atomic E-state index is 5.68. The molecule has 5 heteroatoms. The van der Waals surface area contributed by atoms with Crippen molar-refractivity contribution in [3.8, 4) is 5.88 Å². The topological polar surface area (TPSA) is 50.3 Å². The van der Waals surface area contributed by atoms with Crippen LogP contribution in [0.2, 0.25) is 0 Å². The van der Waals surface area contributed by atoms with Crippen LogP contribution in [0.15, 0.2) is 12.4 Å². The highest BCUT2D eigenvalue weighted by Crippen LogP contribution is 2.19. The molecule has 118 valence electrons. The van der Waals surface area contributed by atoms with Crippen LogP contribution in [0.1, 0.15) is 40.0 Å². The zero-order valence-electron chi connectivity index (χ0n) is 13.5. The van der Waals surface area contributed by atoms with E-state index < -0.39 is 0 Å². The third kappa shape index (κ3) is 5.50. The highest BCUT2D eigenvalue weighted by atomic mass is 16.5. The summed E-state index contributed by atoms with van der Waals surface area (Å²) in [6.07, 6.45) is 7.55. The van der Waals surface area contributed by atoms with Crippen molar-refractivity contribution in [3.05, 3.63) is 12.4 Å². The number of anilines is 1. The number of hydrogen-bond acceptors (Lipinski definition) is 5. The number of ether oxygens (including phenoxy) is 1. The van der Waals surface area contributed by atoms with E-state index in [0.717, 1.165) is 18.9 Å². The molecule has 1 aliphatic rings. The minimum Gasteiger partial charge on any atom is -0.472 e. The minimum atomic E-state index is 0.105. The second kappa shape index (κ2) is 8.17. The molecule has 2 heterocycles. The van der Waals surface area contributed by atoms with E-state index in [4.69, 9.17) is 4.74 Å². The summed E-state index contributed by atoms with van der Waals surface area (Å²) in [6, 6.07) is 0. The van der Waals surface area contributed by atoms with Crippen LogP contribution >= 0.6 is 0 Å². The molecule has 5 nitrogen and oxygen atoms in total. The van der Waals surface area contributed by atoms with E-state index in [0.29, 0.717) is 11.8 Å². The van der Waals surface area contributed by atoms with Crippen molar-refractivity contribution in [1.82, 2.24) is 14.9 Å². The molecular weight excluding hydrogens is 264 g/mol. The molecule has 0 amide bonds. The monoisotopic (exact) mass is 292 g/mol. The third-order valence-electron chi connectivity index (χ3n) is 3.65. The first-order valence-electron chi connectivity index (χ1n) is 8.09. The van der Waals surface area contributed by atoms with Gasteiger partial charge in [-0.3, -0.25) is 0 Å². The molecule has 1 atom stereocenters. The molecule has 2 rings (SSSR count). The molecule has 1 aromatic rings. The van der Waals surface area contributed by atoms with Crippen LogP contribution in [0.5, 0.6) is 5.88 Å². The van der Waals surface area contributed by atoms with Gasteiger partial charge in [0.25, 0.3) is 5.88 Å². The number of likely N-dealkylation sites (tertiary alicyclic amines) is 1. The first kappa shape index (κ1) is 16.0. The zero-order valence-corrected chi connectivity index (χ0v) is 13.5. The van der Waals surface area contributed by atoms with E-state index >= 15 is 0 Å². The molecule has 1 N–H and O–H groups in total. The van der Waals surface area contributed by atoms with Crippen molar-refractivity contribution in [2.75, 3.05) is 31.5 Å². The zero-order chi connectivity index (χ0) is 15.1. The molecule has 0 radical (unpaired) electrons. The van der Waals surface area contributed by atoms with Crippen molar-refractivity contribution in [2.45, 2.75) is 46.1 Å². The largest absolute Gasteiger partial charge is 0.472 e. The first-order chi connectivity index (χ1) is 10.1. The SMILES string of the molecule is CC(CNc1nccnc1OC(C)C)CN1CCCCC1. The Labute approximate surface area is 128 Å². The summed E-state index contributed by atoms with van der Waals surface area (Å²) < 4.78 is 5.68. The lowest BCUT2D eigenvalue weighted by molar-refractivity contribution is 0.204. The fraction of sp³-hybridized carbons (Fsp3) is 0.750. The van der Waals surface area contributed by atoms with Gasteiger partial charge in [-0.1, -0.05) is 13.3 Å². The Kier molecular flexibility index (Phi) is 6.23. The Hall–Kier alpha value is -1.36. The van der Waals surface area contributed by atoms with Gasteiger partial charge in [0, 0.05) is 25.5 Å². The quantitative estimate of drug-likeness (QED) is 0.837. The minimum absolute atomic E-state index is 0.105. The lowest BCUT2D eigenvalue weighted by atomic mass is 10.1. The predicted octanol–water partition coefficient (Wildman–Crippen LogP) is 2.80. The molecular formula is C16H28N4O. The normalized spacial score (nSPS) is 17.7. The summed E-state index contributed by atoms with van der Waals surface area (Å²) >= 11 is 0.